The molecule has 1 rings (SSSR count). The third kappa shape index (κ3) is 2.44. The number of quaternary nitrogens is 1. The molecule has 0 aromatic rings. The number of aliphatic imine (C=N–C) groups is 1. The van der Waals surface area contributed by atoms with E-state index in [1.165, 1.54) is 31.5 Å². The van der Waals surface area contributed by atoms with Crippen LogP contribution in [-0.4, -0.2) is 24.4 Å². The van der Waals surface area contributed by atoms with Crippen LogP contribution in [0.3, 0.4) is 0 Å². The number of rotatable bonds is 5. The molecule has 2 heteroatoms. The Morgan fingerprint density at radius 3 is 2.50 bits per heavy atom. The van der Waals surface area contributed by atoms with Gasteiger partial charge in [0.1, 0.15) is 6.20 Å². The minimum Gasteiger partial charge on any atom is -0.256 e. The maximum atomic E-state index is 4.52. The molecule has 0 spiro atoms. The second kappa shape index (κ2) is 4.74. The third-order valence-corrected chi connectivity index (χ3v) is 3.00. The Morgan fingerprint density at radius 1 is 1.36 bits per heavy atom. The molecule has 14 heavy (non-hydrogen) atoms. The summed E-state index contributed by atoms with van der Waals surface area (Å²) in [6.07, 6.45) is 9.20. The van der Waals surface area contributed by atoms with E-state index in [2.05, 4.69) is 39.1 Å². The van der Waals surface area contributed by atoms with Crippen LogP contribution in [-0.2, 0) is 0 Å². The molecule has 0 saturated heterocycles. The highest BCUT2D eigenvalue weighted by atomic mass is 15.4. The third-order valence-electron chi connectivity index (χ3n) is 3.00. The first kappa shape index (κ1) is 11.4. The van der Waals surface area contributed by atoms with Crippen LogP contribution in [0.5, 0.6) is 0 Å². The van der Waals surface area contributed by atoms with Crippen LogP contribution in [0.15, 0.2) is 17.4 Å². The van der Waals surface area contributed by atoms with Crippen molar-refractivity contribution < 1.29 is 4.48 Å². The zero-order valence-electron chi connectivity index (χ0n) is 9.95. The molecular weight excluding hydrogens is 172 g/mol. The zero-order valence-corrected chi connectivity index (χ0v) is 9.95. The predicted molar refractivity (Wildman–Crippen MR) is 62.0 cm³/mol. The molecule has 0 N–H and O–H groups in total. The molecule has 0 fully saturated rings. The van der Waals surface area contributed by atoms with Crippen LogP contribution < -0.4 is 0 Å². The van der Waals surface area contributed by atoms with Gasteiger partial charge in [-0.1, -0.05) is 26.7 Å². The first-order valence-corrected chi connectivity index (χ1v) is 5.71. The van der Waals surface area contributed by atoms with E-state index in [0.29, 0.717) is 5.92 Å². The fourth-order valence-corrected chi connectivity index (χ4v) is 2.04. The van der Waals surface area contributed by atoms with Gasteiger partial charge in [0.2, 0.25) is 5.84 Å². The van der Waals surface area contributed by atoms with E-state index >= 15 is 0 Å². The summed E-state index contributed by atoms with van der Waals surface area (Å²) in [5.74, 6) is 2.00. The fourth-order valence-electron chi connectivity index (χ4n) is 2.04. The average molecular weight is 195 g/mol. The van der Waals surface area contributed by atoms with Crippen molar-refractivity contribution in [2.45, 2.75) is 39.5 Å². The van der Waals surface area contributed by atoms with Crippen LogP contribution >= 0.6 is 0 Å². The molecule has 0 saturated carbocycles. The second-order valence-electron chi connectivity index (χ2n) is 4.57. The summed E-state index contributed by atoms with van der Waals surface area (Å²) in [7, 11) is 4.41. The maximum Gasteiger partial charge on any atom is 0.210 e. The van der Waals surface area contributed by atoms with Crippen LogP contribution in [0.2, 0.25) is 0 Å². The molecule has 1 aliphatic heterocycles. The minimum absolute atomic E-state index is 0.667. The molecule has 1 aliphatic rings. The van der Waals surface area contributed by atoms with Gasteiger partial charge in [0, 0.05) is 0 Å². The summed E-state index contributed by atoms with van der Waals surface area (Å²) in [6.45, 7) is 4.52. The lowest BCUT2D eigenvalue weighted by atomic mass is 9.97. The van der Waals surface area contributed by atoms with Crippen molar-refractivity contribution in [2.24, 2.45) is 10.9 Å². The quantitative estimate of drug-likeness (QED) is 0.598. The number of nitrogens with zero attached hydrogens (tertiary/aromatic N) is 2. The lowest BCUT2D eigenvalue weighted by molar-refractivity contribution is -0.743. The van der Waals surface area contributed by atoms with Crippen LogP contribution in [0, 0.1) is 5.92 Å². The van der Waals surface area contributed by atoms with E-state index in [0.717, 1.165) is 4.48 Å². The van der Waals surface area contributed by atoms with Gasteiger partial charge in [-0.15, -0.1) is 0 Å². The second-order valence-corrected chi connectivity index (χ2v) is 4.57. The predicted octanol–water partition coefficient (Wildman–Crippen LogP) is 3.16. The van der Waals surface area contributed by atoms with Crippen molar-refractivity contribution in [2.75, 3.05) is 14.1 Å². The smallest absolute Gasteiger partial charge is 0.210 e. The van der Waals surface area contributed by atoms with Crippen molar-refractivity contribution in [1.82, 2.24) is 0 Å². The monoisotopic (exact) mass is 195 g/mol. The largest absolute Gasteiger partial charge is 0.256 e. The normalized spacial score (nSPS) is 21.0. The van der Waals surface area contributed by atoms with E-state index in [-0.39, 0.29) is 0 Å². The van der Waals surface area contributed by atoms with Gasteiger partial charge in [-0.3, -0.25) is 4.48 Å². The Bertz CT molecular complexity index is 239. The molecule has 80 valence electrons. The van der Waals surface area contributed by atoms with Gasteiger partial charge in [-0.25, -0.2) is 4.99 Å². The Balaban J connectivity index is 2.62. The van der Waals surface area contributed by atoms with Crippen molar-refractivity contribution in [3.05, 3.63) is 12.4 Å². The molecular formula is C12H23N2+. The molecule has 2 nitrogen and oxygen atoms in total. The Kier molecular flexibility index (Phi) is 3.87. The van der Waals surface area contributed by atoms with Crippen molar-refractivity contribution >= 4 is 5.84 Å². The minimum atomic E-state index is 0.667. The van der Waals surface area contributed by atoms with Gasteiger partial charge >= 0.3 is 0 Å². The molecule has 0 aliphatic carbocycles. The topological polar surface area (TPSA) is 12.4 Å². The summed E-state index contributed by atoms with van der Waals surface area (Å²) in [5.41, 5.74) is 0. The molecule has 0 aromatic carbocycles. The number of amidine groups is 1. The average Bonchev–Trinajstić information content (AvgIpc) is 2.48. The Morgan fingerprint density at radius 2 is 2.07 bits per heavy atom. The Labute approximate surface area is 87.9 Å². The fraction of sp³-hybridized carbons (Fsp3) is 0.750. The van der Waals surface area contributed by atoms with E-state index in [9.17, 15) is 0 Å². The molecule has 1 heterocycles. The number of unbranched alkanes of at least 4 members (excludes halogenated alkanes) is 1. The first-order valence-electron chi connectivity index (χ1n) is 5.71. The van der Waals surface area contributed by atoms with Crippen molar-refractivity contribution in [1.29, 1.82) is 0 Å². The highest BCUT2D eigenvalue weighted by Gasteiger charge is 2.31. The molecule has 0 radical (unpaired) electrons. The summed E-state index contributed by atoms with van der Waals surface area (Å²) in [5, 5.41) is 0. The summed E-state index contributed by atoms with van der Waals surface area (Å²) in [6, 6.07) is 0. The van der Waals surface area contributed by atoms with Crippen LogP contribution in [0.25, 0.3) is 0 Å². The van der Waals surface area contributed by atoms with Gasteiger partial charge in [0.05, 0.1) is 26.2 Å². The van der Waals surface area contributed by atoms with Gasteiger partial charge in [-0.05, 0) is 12.8 Å². The molecule has 1 atom stereocenters. The summed E-state index contributed by atoms with van der Waals surface area (Å²) >= 11 is 0. The standard InChI is InChI=1S/C12H23N2/c1-5-7-8-11(6-2)12-13-9-10-14(12,3)4/h9-11H,5-8H2,1-4H3/q+1. The number of hydrogen-bond acceptors (Lipinski definition) is 1. The first-order chi connectivity index (χ1) is 6.61. The SMILES string of the molecule is CCCCC(CC)C1=NC=C[N+]1(C)C. The van der Waals surface area contributed by atoms with E-state index < -0.39 is 0 Å². The van der Waals surface area contributed by atoms with Crippen LogP contribution in [0.4, 0.5) is 0 Å². The molecule has 0 bridgehead atoms. The van der Waals surface area contributed by atoms with Crippen molar-refractivity contribution in [3.8, 4) is 0 Å². The molecule has 1 unspecified atom stereocenters. The Hall–Kier alpha value is -0.630. The van der Waals surface area contributed by atoms with Gasteiger partial charge in [0.25, 0.3) is 0 Å². The van der Waals surface area contributed by atoms with Crippen molar-refractivity contribution in [3.63, 3.8) is 0 Å². The summed E-state index contributed by atoms with van der Waals surface area (Å²) < 4.78 is 0.849. The highest BCUT2D eigenvalue weighted by molar-refractivity contribution is 5.80. The van der Waals surface area contributed by atoms with Crippen LogP contribution in [0.1, 0.15) is 39.5 Å². The highest BCUT2D eigenvalue weighted by Crippen LogP contribution is 2.23. The zero-order chi connectivity index (χ0) is 10.6. The van der Waals surface area contributed by atoms with E-state index in [4.69, 9.17) is 0 Å². The van der Waals surface area contributed by atoms with Gasteiger partial charge in [0.15, 0.2) is 0 Å². The van der Waals surface area contributed by atoms with Gasteiger partial charge in [-0.2, -0.15) is 0 Å². The lowest BCUT2D eigenvalue weighted by Crippen LogP contribution is -2.42. The number of hydrogen-bond donors (Lipinski definition) is 0. The molecule has 0 aromatic heterocycles. The molecule has 0 amide bonds. The van der Waals surface area contributed by atoms with Gasteiger partial charge < -0.3 is 0 Å². The lowest BCUT2D eigenvalue weighted by Gasteiger charge is -2.27. The summed E-state index contributed by atoms with van der Waals surface area (Å²) in [4.78, 5) is 4.52. The maximum absolute atomic E-state index is 4.52. The van der Waals surface area contributed by atoms with E-state index in [1.54, 1.807) is 0 Å². The van der Waals surface area contributed by atoms with E-state index in [1.807, 2.05) is 6.20 Å².